The number of rotatable bonds is 4. The van der Waals surface area contributed by atoms with E-state index >= 15 is 0 Å². The molecule has 3 rings (SSSR count). The van der Waals surface area contributed by atoms with Gasteiger partial charge in [-0.05, 0) is 18.2 Å². The zero-order valence-electron chi connectivity index (χ0n) is 12.3. The molecule has 23 heavy (non-hydrogen) atoms. The number of methoxy groups -OCH3 is 1. The van der Waals surface area contributed by atoms with Crippen LogP contribution in [0.3, 0.4) is 0 Å². The van der Waals surface area contributed by atoms with Crippen molar-refractivity contribution in [1.29, 1.82) is 0 Å². The van der Waals surface area contributed by atoms with Crippen molar-refractivity contribution in [2.45, 2.75) is 6.42 Å². The van der Waals surface area contributed by atoms with Crippen LogP contribution in [0.25, 0.3) is 0 Å². The lowest BCUT2D eigenvalue weighted by atomic mass is 10.1. The van der Waals surface area contributed by atoms with Gasteiger partial charge in [-0.15, -0.1) is 11.3 Å². The van der Waals surface area contributed by atoms with Crippen molar-refractivity contribution in [2.24, 2.45) is 5.92 Å². The smallest absolute Gasteiger partial charge is 0.231 e. The van der Waals surface area contributed by atoms with Crippen molar-refractivity contribution >= 4 is 45.6 Å². The molecule has 0 radical (unpaired) electrons. The van der Waals surface area contributed by atoms with E-state index in [1.165, 1.54) is 23.3 Å². The summed E-state index contributed by atoms with van der Waals surface area (Å²) in [4.78, 5) is 30.1. The van der Waals surface area contributed by atoms with Crippen LogP contribution >= 0.6 is 22.9 Å². The summed E-state index contributed by atoms with van der Waals surface area (Å²) in [6, 6.07) is 5.06. The van der Waals surface area contributed by atoms with Crippen molar-refractivity contribution in [2.75, 3.05) is 23.9 Å². The molecule has 1 N–H and O–H groups in total. The zero-order chi connectivity index (χ0) is 16.4. The van der Waals surface area contributed by atoms with Crippen molar-refractivity contribution in [3.63, 3.8) is 0 Å². The third-order valence-corrected chi connectivity index (χ3v) is 4.51. The maximum absolute atomic E-state index is 12.3. The number of nitrogens with zero attached hydrogens (tertiary/aromatic N) is 2. The van der Waals surface area contributed by atoms with Crippen molar-refractivity contribution in [1.82, 2.24) is 4.98 Å². The second-order valence-corrected chi connectivity index (χ2v) is 6.38. The van der Waals surface area contributed by atoms with Crippen LogP contribution in [0.1, 0.15) is 6.42 Å². The third-order valence-electron chi connectivity index (χ3n) is 3.59. The summed E-state index contributed by atoms with van der Waals surface area (Å²) in [6.07, 6.45) is 1.76. The topological polar surface area (TPSA) is 71.5 Å². The van der Waals surface area contributed by atoms with E-state index in [1.807, 2.05) is 0 Å². The zero-order valence-corrected chi connectivity index (χ0v) is 13.9. The van der Waals surface area contributed by atoms with Crippen LogP contribution in [0, 0.1) is 5.92 Å². The number of carbonyl (C=O) groups excluding carboxylic acids is 2. The van der Waals surface area contributed by atoms with Gasteiger partial charge in [0.25, 0.3) is 0 Å². The van der Waals surface area contributed by atoms with Crippen LogP contribution in [0.4, 0.5) is 10.8 Å². The molecule has 0 unspecified atom stereocenters. The van der Waals surface area contributed by atoms with E-state index < -0.39 is 5.92 Å². The highest BCUT2D eigenvalue weighted by molar-refractivity contribution is 7.13. The van der Waals surface area contributed by atoms with Gasteiger partial charge in [-0.1, -0.05) is 11.6 Å². The molecule has 2 aromatic rings. The van der Waals surface area contributed by atoms with Gasteiger partial charge in [-0.2, -0.15) is 0 Å². The molecule has 0 bridgehead atoms. The number of thiazole rings is 1. The number of carbonyl (C=O) groups is 2. The number of aromatic nitrogens is 1. The molecule has 1 aromatic heterocycles. The van der Waals surface area contributed by atoms with Crippen LogP contribution in [-0.4, -0.2) is 30.5 Å². The number of nitrogens with one attached hydrogen (secondary N) is 1. The second kappa shape index (κ2) is 6.55. The molecule has 8 heteroatoms. The SMILES string of the molecule is COc1ccc(Cl)cc1N1C[C@H](C(=O)Nc2nccs2)CC1=O. The number of hydrogen-bond acceptors (Lipinski definition) is 5. The number of hydrogen-bond donors (Lipinski definition) is 1. The van der Waals surface area contributed by atoms with Gasteiger partial charge in [0, 0.05) is 29.6 Å². The summed E-state index contributed by atoms with van der Waals surface area (Å²) in [5.41, 5.74) is 0.578. The normalized spacial score (nSPS) is 17.4. The molecule has 1 fully saturated rings. The van der Waals surface area contributed by atoms with Crippen molar-refractivity contribution in [3.05, 3.63) is 34.8 Å². The highest BCUT2D eigenvalue weighted by Crippen LogP contribution is 2.35. The second-order valence-electron chi connectivity index (χ2n) is 5.05. The minimum Gasteiger partial charge on any atom is -0.495 e. The molecule has 1 atom stereocenters. The first-order valence-electron chi connectivity index (χ1n) is 6.92. The number of benzene rings is 1. The van der Waals surface area contributed by atoms with Crippen molar-refractivity contribution < 1.29 is 14.3 Å². The van der Waals surface area contributed by atoms with Crippen LogP contribution in [-0.2, 0) is 9.59 Å². The van der Waals surface area contributed by atoms with Crippen LogP contribution in [0.2, 0.25) is 5.02 Å². The Balaban J connectivity index is 1.77. The molecule has 2 heterocycles. The fraction of sp³-hybridized carbons (Fsp3) is 0.267. The average molecular weight is 352 g/mol. The lowest BCUT2D eigenvalue weighted by Gasteiger charge is -2.19. The number of anilines is 2. The van der Waals surface area contributed by atoms with Crippen LogP contribution < -0.4 is 15.0 Å². The molecule has 1 aliphatic rings. The molecule has 0 saturated carbocycles. The lowest BCUT2D eigenvalue weighted by molar-refractivity contribution is -0.122. The lowest BCUT2D eigenvalue weighted by Crippen LogP contribution is -2.28. The number of amides is 2. The molecule has 6 nitrogen and oxygen atoms in total. The standard InChI is InChI=1S/C15H14ClN3O3S/c1-22-12-3-2-10(16)7-11(12)19-8-9(6-13(19)20)14(21)18-15-17-4-5-23-15/h2-5,7,9H,6,8H2,1H3,(H,17,18,21)/t9-/m1/s1. The fourth-order valence-electron chi connectivity index (χ4n) is 2.48. The van der Waals surface area contributed by atoms with Gasteiger partial charge in [-0.25, -0.2) is 4.98 Å². The minimum absolute atomic E-state index is 0.134. The van der Waals surface area contributed by atoms with E-state index in [0.717, 1.165) is 0 Å². The summed E-state index contributed by atoms with van der Waals surface area (Å²) in [5, 5.41) is 5.54. The Morgan fingerprint density at radius 1 is 1.52 bits per heavy atom. The van der Waals surface area contributed by atoms with Gasteiger partial charge in [-0.3, -0.25) is 9.59 Å². The van der Waals surface area contributed by atoms with Gasteiger partial charge in [0.1, 0.15) is 5.75 Å². The van der Waals surface area contributed by atoms with Crippen LogP contribution in [0.5, 0.6) is 5.75 Å². The Morgan fingerprint density at radius 2 is 2.35 bits per heavy atom. The molecule has 1 aliphatic heterocycles. The van der Waals surface area contributed by atoms with Gasteiger partial charge in [0.05, 0.1) is 18.7 Å². The van der Waals surface area contributed by atoms with E-state index in [0.29, 0.717) is 21.6 Å². The first-order valence-corrected chi connectivity index (χ1v) is 8.18. The maximum atomic E-state index is 12.3. The molecular weight excluding hydrogens is 338 g/mol. The molecule has 0 aliphatic carbocycles. The Morgan fingerprint density at radius 3 is 3.04 bits per heavy atom. The summed E-state index contributed by atoms with van der Waals surface area (Å²) in [7, 11) is 1.53. The van der Waals surface area contributed by atoms with Gasteiger partial charge < -0.3 is 15.0 Å². The molecular formula is C15H14ClN3O3S. The predicted octanol–water partition coefficient (Wildman–Crippen LogP) is 2.80. The Kier molecular flexibility index (Phi) is 4.49. The molecule has 120 valence electrons. The largest absolute Gasteiger partial charge is 0.495 e. The summed E-state index contributed by atoms with van der Waals surface area (Å²) >= 11 is 7.35. The summed E-state index contributed by atoms with van der Waals surface area (Å²) < 4.78 is 5.28. The van der Waals surface area contributed by atoms with E-state index in [1.54, 1.807) is 29.8 Å². The van der Waals surface area contributed by atoms with Crippen LogP contribution in [0.15, 0.2) is 29.8 Å². The van der Waals surface area contributed by atoms with Gasteiger partial charge >= 0.3 is 0 Å². The maximum Gasteiger partial charge on any atom is 0.231 e. The molecule has 2 amide bonds. The fourth-order valence-corrected chi connectivity index (χ4v) is 3.18. The van der Waals surface area contributed by atoms with E-state index in [2.05, 4.69) is 10.3 Å². The summed E-state index contributed by atoms with van der Waals surface area (Å²) in [6.45, 7) is 0.284. The van der Waals surface area contributed by atoms with Crippen molar-refractivity contribution in [3.8, 4) is 5.75 Å². The predicted molar refractivity (Wildman–Crippen MR) is 89.2 cm³/mol. The third kappa shape index (κ3) is 3.30. The average Bonchev–Trinajstić information content (AvgIpc) is 3.16. The molecule has 1 saturated heterocycles. The molecule has 0 spiro atoms. The van der Waals surface area contributed by atoms with Gasteiger partial charge in [0.2, 0.25) is 11.8 Å². The first kappa shape index (κ1) is 15.8. The molecule has 1 aromatic carbocycles. The monoisotopic (exact) mass is 351 g/mol. The Labute approximate surface area is 142 Å². The summed E-state index contributed by atoms with van der Waals surface area (Å²) in [5.74, 6) is -0.236. The van der Waals surface area contributed by atoms with Gasteiger partial charge in [0.15, 0.2) is 5.13 Å². The van der Waals surface area contributed by atoms with E-state index in [4.69, 9.17) is 16.3 Å². The highest BCUT2D eigenvalue weighted by Gasteiger charge is 2.36. The first-order chi connectivity index (χ1) is 11.1. The highest BCUT2D eigenvalue weighted by atomic mass is 35.5. The van der Waals surface area contributed by atoms with E-state index in [-0.39, 0.29) is 24.8 Å². The minimum atomic E-state index is -0.435. The Hall–Kier alpha value is -2.12. The number of halogens is 1. The number of ether oxygens (including phenoxy) is 1. The quantitative estimate of drug-likeness (QED) is 0.919. The Bertz CT molecular complexity index is 736. The van der Waals surface area contributed by atoms with E-state index in [9.17, 15) is 9.59 Å².